The van der Waals surface area contributed by atoms with Gasteiger partial charge in [0, 0.05) is 12.5 Å². The Kier molecular flexibility index (Phi) is 7.39. The number of allylic oxidation sites excluding steroid dienone is 1. The number of amides is 1. The monoisotopic (exact) mass is 313 g/mol. The number of carbonyl (C=O) groups excluding carboxylic acids is 1. The standard InChI is InChI=1S/C16H18F3NO2/c1-3-11(4-2)10-22-20-16(21)7-5-6-12-8-14(18)15(19)9-13(12)17/h3-4,8-9H,1,5-7,10H2,2H3,(H,20,21)/b11-4+. The zero-order valence-corrected chi connectivity index (χ0v) is 12.3. The van der Waals surface area contributed by atoms with Crippen molar-refractivity contribution in [3.05, 3.63) is 59.5 Å². The van der Waals surface area contributed by atoms with Gasteiger partial charge in [0.15, 0.2) is 11.6 Å². The molecule has 0 saturated heterocycles. The summed E-state index contributed by atoms with van der Waals surface area (Å²) in [6.07, 6.45) is 3.90. The summed E-state index contributed by atoms with van der Waals surface area (Å²) in [4.78, 5) is 16.5. The van der Waals surface area contributed by atoms with Crippen LogP contribution in [0.3, 0.4) is 0 Å². The number of hydroxylamine groups is 1. The summed E-state index contributed by atoms with van der Waals surface area (Å²) < 4.78 is 39.1. The summed E-state index contributed by atoms with van der Waals surface area (Å²) in [6, 6.07) is 1.31. The Balaban J connectivity index is 2.34. The summed E-state index contributed by atoms with van der Waals surface area (Å²) in [5, 5.41) is 0. The van der Waals surface area contributed by atoms with Crippen molar-refractivity contribution in [1.82, 2.24) is 5.48 Å². The molecule has 1 amide bonds. The third kappa shape index (κ3) is 5.73. The van der Waals surface area contributed by atoms with Crippen LogP contribution in [0.15, 0.2) is 36.4 Å². The molecule has 22 heavy (non-hydrogen) atoms. The van der Waals surface area contributed by atoms with Crippen LogP contribution in [0.2, 0.25) is 0 Å². The van der Waals surface area contributed by atoms with E-state index in [0.717, 1.165) is 11.6 Å². The van der Waals surface area contributed by atoms with Crippen LogP contribution in [-0.4, -0.2) is 12.5 Å². The first-order valence-corrected chi connectivity index (χ1v) is 6.79. The van der Waals surface area contributed by atoms with Gasteiger partial charge < -0.3 is 0 Å². The predicted octanol–water partition coefficient (Wildman–Crippen LogP) is 3.61. The first-order valence-electron chi connectivity index (χ1n) is 6.79. The lowest BCUT2D eigenvalue weighted by atomic mass is 10.1. The highest BCUT2D eigenvalue weighted by atomic mass is 19.2. The molecule has 0 aliphatic carbocycles. The molecule has 0 saturated carbocycles. The third-order valence-electron chi connectivity index (χ3n) is 3.00. The zero-order valence-electron chi connectivity index (χ0n) is 12.3. The highest BCUT2D eigenvalue weighted by Gasteiger charge is 2.10. The van der Waals surface area contributed by atoms with Gasteiger partial charge in [0.2, 0.25) is 5.91 Å². The number of benzene rings is 1. The molecule has 1 rings (SSSR count). The van der Waals surface area contributed by atoms with Crippen molar-refractivity contribution in [3.63, 3.8) is 0 Å². The van der Waals surface area contributed by atoms with Crippen molar-refractivity contribution < 1.29 is 22.8 Å². The first-order chi connectivity index (χ1) is 10.5. The first kappa shape index (κ1) is 18.0. The predicted molar refractivity (Wildman–Crippen MR) is 77.3 cm³/mol. The van der Waals surface area contributed by atoms with E-state index in [9.17, 15) is 18.0 Å². The molecule has 0 radical (unpaired) electrons. The molecule has 0 spiro atoms. The molecule has 6 heteroatoms. The summed E-state index contributed by atoms with van der Waals surface area (Å²) in [7, 11) is 0. The highest BCUT2D eigenvalue weighted by molar-refractivity contribution is 5.74. The molecule has 0 aliphatic rings. The SMILES string of the molecule is C=C/C(=C\C)CONC(=O)CCCc1cc(F)c(F)cc1F. The highest BCUT2D eigenvalue weighted by Crippen LogP contribution is 2.15. The van der Waals surface area contributed by atoms with Gasteiger partial charge in [0.05, 0.1) is 6.61 Å². The van der Waals surface area contributed by atoms with Crippen LogP contribution in [0.4, 0.5) is 13.2 Å². The van der Waals surface area contributed by atoms with Gasteiger partial charge in [-0.1, -0.05) is 18.7 Å². The number of hydrogen-bond donors (Lipinski definition) is 1. The zero-order chi connectivity index (χ0) is 16.5. The topological polar surface area (TPSA) is 38.3 Å². The normalized spacial score (nSPS) is 11.4. The lowest BCUT2D eigenvalue weighted by Gasteiger charge is -2.07. The molecule has 0 heterocycles. The van der Waals surface area contributed by atoms with Crippen molar-refractivity contribution in [2.75, 3.05) is 6.61 Å². The molecule has 0 atom stereocenters. The van der Waals surface area contributed by atoms with Gasteiger partial charge in [-0.25, -0.2) is 18.7 Å². The maximum absolute atomic E-state index is 13.4. The van der Waals surface area contributed by atoms with Gasteiger partial charge in [0.25, 0.3) is 0 Å². The minimum Gasteiger partial charge on any atom is -0.273 e. The van der Waals surface area contributed by atoms with Gasteiger partial charge >= 0.3 is 0 Å². The van der Waals surface area contributed by atoms with E-state index in [0.29, 0.717) is 6.07 Å². The van der Waals surface area contributed by atoms with Crippen LogP contribution in [0.5, 0.6) is 0 Å². The minimum atomic E-state index is -1.23. The molecule has 1 aromatic carbocycles. The molecule has 0 unspecified atom stereocenters. The Morgan fingerprint density at radius 2 is 1.95 bits per heavy atom. The van der Waals surface area contributed by atoms with Crippen LogP contribution in [0.25, 0.3) is 0 Å². The van der Waals surface area contributed by atoms with E-state index >= 15 is 0 Å². The Labute approximate surface area is 127 Å². The van der Waals surface area contributed by atoms with Crippen molar-refractivity contribution in [2.45, 2.75) is 26.2 Å². The second kappa shape index (κ2) is 9.04. The van der Waals surface area contributed by atoms with E-state index in [1.54, 1.807) is 12.2 Å². The van der Waals surface area contributed by atoms with Crippen LogP contribution < -0.4 is 5.48 Å². The number of carbonyl (C=O) groups is 1. The lowest BCUT2D eigenvalue weighted by Crippen LogP contribution is -2.24. The second-order valence-electron chi connectivity index (χ2n) is 4.59. The molecular formula is C16H18F3NO2. The number of rotatable bonds is 8. The molecule has 0 aliphatic heterocycles. The molecule has 1 N–H and O–H groups in total. The summed E-state index contributed by atoms with van der Waals surface area (Å²) in [5.74, 6) is -3.52. The summed E-state index contributed by atoms with van der Waals surface area (Å²) in [5.41, 5.74) is 3.11. The van der Waals surface area contributed by atoms with Crippen LogP contribution in [-0.2, 0) is 16.1 Å². The van der Waals surface area contributed by atoms with Crippen LogP contribution in [0.1, 0.15) is 25.3 Å². The lowest BCUT2D eigenvalue weighted by molar-refractivity contribution is -0.132. The van der Waals surface area contributed by atoms with Gasteiger partial charge in [-0.3, -0.25) is 9.63 Å². The van der Waals surface area contributed by atoms with Crippen molar-refractivity contribution in [3.8, 4) is 0 Å². The molecule has 120 valence electrons. The fraction of sp³-hybridized carbons (Fsp3) is 0.312. The van der Waals surface area contributed by atoms with Crippen molar-refractivity contribution >= 4 is 5.91 Å². The number of hydrogen-bond acceptors (Lipinski definition) is 2. The molecule has 3 nitrogen and oxygen atoms in total. The Morgan fingerprint density at radius 1 is 1.27 bits per heavy atom. The van der Waals surface area contributed by atoms with Crippen LogP contribution >= 0.6 is 0 Å². The third-order valence-corrected chi connectivity index (χ3v) is 3.00. The smallest absolute Gasteiger partial charge is 0.243 e. The summed E-state index contributed by atoms with van der Waals surface area (Å²) >= 11 is 0. The van der Waals surface area contributed by atoms with Crippen LogP contribution in [0, 0.1) is 17.5 Å². The van der Waals surface area contributed by atoms with E-state index in [2.05, 4.69) is 12.1 Å². The maximum Gasteiger partial charge on any atom is 0.243 e. The van der Waals surface area contributed by atoms with Gasteiger partial charge in [-0.2, -0.15) is 0 Å². The number of halogens is 3. The van der Waals surface area contributed by atoms with E-state index in [-0.39, 0.29) is 37.3 Å². The molecule has 1 aromatic rings. The van der Waals surface area contributed by atoms with E-state index in [4.69, 9.17) is 4.84 Å². The Bertz CT molecular complexity index is 571. The van der Waals surface area contributed by atoms with E-state index in [1.165, 1.54) is 0 Å². The molecular weight excluding hydrogens is 295 g/mol. The average molecular weight is 313 g/mol. The fourth-order valence-corrected chi connectivity index (χ4v) is 1.71. The minimum absolute atomic E-state index is 0.0375. The number of aryl methyl sites for hydroxylation is 1. The van der Waals surface area contributed by atoms with Gasteiger partial charge in [-0.15, -0.1) is 0 Å². The Hall–Kier alpha value is -2.08. The van der Waals surface area contributed by atoms with Crippen molar-refractivity contribution in [1.29, 1.82) is 0 Å². The van der Waals surface area contributed by atoms with Gasteiger partial charge in [0.1, 0.15) is 5.82 Å². The number of nitrogens with one attached hydrogen (secondary N) is 1. The maximum atomic E-state index is 13.4. The summed E-state index contributed by atoms with van der Waals surface area (Å²) in [6.45, 7) is 5.60. The fourth-order valence-electron chi connectivity index (χ4n) is 1.71. The van der Waals surface area contributed by atoms with E-state index < -0.39 is 17.5 Å². The average Bonchev–Trinajstić information content (AvgIpc) is 2.49. The van der Waals surface area contributed by atoms with Crippen molar-refractivity contribution in [2.24, 2.45) is 0 Å². The molecule has 0 fully saturated rings. The van der Waals surface area contributed by atoms with E-state index in [1.807, 2.05) is 6.92 Å². The molecule has 0 bridgehead atoms. The second-order valence-corrected chi connectivity index (χ2v) is 4.59. The molecule has 0 aromatic heterocycles. The Morgan fingerprint density at radius 3 is 2.59 bits per heavy atom. The largest absolute Gasteiger partial charge is 0.273 e. The van der Waals surface area contributed by atoms with Gasteiger partial charge in [-0.05, 0) is 37.0 Å². The quantitative estimate of drug-likeness (QED) is 0.452.